The Balaban J connectivity index is 1.88. The number of aliphatic hydroxyl groups is 1. The minimum absolute atomic E-state index is 0.455. The van der Waals surface area contributed by atoms with E-state index in [9.17, 15) is 5.11 Å². The summed E-state index contributed by atoms with van der Waals surface area (Å²) in [5.41, 5.74) is 2.17. The Labute approximate surface area is 147 Å². The van der Waals surface area contributed by atoms with Gasteiger partial charge in [-0.25, -0.2) is 9.98 Å². The fourth-order valence-electron chi connectivity index (χ4n) is 2.39. The summed E-state index contributed by atoms with van der Waals surface area (Å²) in [6.45, 7) is 7.89. The lowest BCUT2D eigenvalue weighted by Gasteiger charge is -2.15. The predicted molar refractivity (Wildman–Crippen MR) is 101 cm³/mol. The molecule has 2 rings (SSSR count). The maximum absolute atomic E-state index is 10.2. The number of aromatic nitrogens is 1. The van der Waals surface area contributed by atoms with Crippen LogP contribution >= 0.6 is 11.3 Å². The van der Waals surface area contributed by atoms with Crippen molar-refractivity contribution >= 4 is 17.3 Å². The average molecular weight is 347 g/mol. The van der Waals surface area contributed by atoms with E-state index in [0.717, 1.165) is 28.8 Å². The van der Waals surface area contributed by atoms with Crippen molar-refractivity contribution in [3.05, 3.63) is 51.5 Å². The lowest BCUT2D eigenvalue weighted by Crippen LogP contribution is -2.41. The van der Waals surface area contributed by atoms with Gasteiger partial charge in [0.25, 0.3) is 0 Å². The normalized spacial score (nSPS) is 12.9. The highest BCUT2D eigenvalue weighted by Crippen LogP contribution is 2.17. The predicted octanol–water partition coefficient (Wildman–Crippen LogP) is 2.42. The van der Waals surface area contributed by atoms with Crippen molar-refractivity contribution in [2.45, 2.75) is 39.8 Å². The van der Waals surface area contributed by atoms with Crippen LogP contribution in [0.1, 0.15) is 28.1 Å². The SMILES string of the molecule is CCNC(=NCc1sc(C)nc1C)NCC(O)Cc1ccccc1. The van der Waals surface area contributed by atoms with Crippen LogP contribution in [0, 0.1) is 13.8 Å². The number of rotatable bonds is 7. The molecule has 1 aromatic heterocycles. The number of benzene rings is 1. The summed E-state index contributed by atoms with van der Waals surface area (Å²) in [5, 5.41) is 17.7. The molecule has 24 heavy (non-hydrogen) atoms. The second-order valence-corrected chi connectivity index (χ2v) is 6.95. The molecule has 0 spiro atoms. The zero-order valence-corrected chi connectivity index (χ0v) is 15.4. The van der Waals surface area contributed by atoms with Gasteiger partial charge in [-0.05, 0) is 26.3 Å². The van der Waals surface area contributed by atoms with E-state index in [0.29, 0.717) is 19.5 Å². The second-order valence-electron chi connectivity index (χ2n) is 5.66. The monoisotopic (exact) mass is 346 g/mol. The quantitative estimate of drug-likeness (QED) is 0.532. The van der Waals surface area contributed by atoms with Crippen LogP contribution in [0.25, 0.3) is 0 Å². The van der Waals surface area contributed by atoms with Crippen molar-refractivity contribution in [3.63, 3.8) is 0 Å². The third-order valence-corrected chi connectivity index (χ3v) is 4.60. The van der Waals surface area contributed by atoms with Gasteiger partial charge in [0.15, 0.2) is 5.96 Å². The van der Waals surface area contributed by atoms with Crippen molar-refractivity contribution in [2.24, 2.45) is 4.99 Å². The van der Waals surface area contributed by atoms with Crippen LogP contribution in [0.4, 0.5) is 0 Å². The van der Waals surface area contributed by atoms with Crippen molar-refractivity contribution < 1.29 is 5.11 Å². The highest BCUT2D eigenvalue weighted by Gasteiger charge is 2.08. The van der Waals surface area contributed by atoms with Gasteiger partial charge in [0.2, 0.25) is 0 Å². The van der Waals surface area contributed by atoms with Crippen LogP contribution in [0.15, 0.2) is 35.3 Å². The van der Waals surface area contributed by atoms with E-state index in [1.165, 1.54) is 4.88 Å². The Morgan fingerprint density at radius 1 is 1.25 bits per heavy atom. The summed E-state index contributed by atoms with van der Waals surface area (Å²) >= 11 is 1.68. The number of thiazole rings is 1. The highest BCUT2D eigenvalue weighted by molar-refractivity contribution is 7.11. The van der Waals surface area contributed by atoms with Crippen molar-refractivity contribution in [3.8, 4) is 0 Å². The Morgan fingerprint density at radius 2 is 2.00 bits per heavy atom. The average Bonchev–Trinajstić information content (AvgIpc) is 2.88. The number of nitrogens with zero attached hydrogens (tertiary/aromatic N) is 2. The molecule has 0 bridgehead atoms. The minimum atomic E-state index is -0.455. The fraction of sp³-hybridized carbons (Fsp3) is 0.444. The third kappa shape index (κ3) is 5.94. The van der Waals surface area contributed by atoms with Gasteiger partial charge in [-0.3, -0.25) is 0 Å². The molecule has 6 heteroatoms. The Kier molecular flexibility index (Phi) is 7.21. The molecule has 1 heterocycles. The molecule has 0 saturated heterocycles. The van der Waals surface area contributed by atoms with Crippen LogP contribution in [0.3, 0.4) is 0 Å². The zero-order valence-electron chi connectivity index (χ0n) is 14.5. The molecule has 1 atom stereocenters. The Morgan fingerprint density at radius 3 is 2.62 bits per heavy atom. The first-order chi connectivity index (χ1) is 11.6. The standard InChI is InChI=1S/C18H26N4OS/c1-4-19-18(21-12-17-13(2)22-14(3)24-17)20-11-16(23)10-15-8-6-5-7-9-15/h5-9,16,23H,4,10-12H2,1-3H3,(H2,19,20,21). The molecule has 3 N–H and O–H groups in total. The molecule has 0 aliphatic rings. The van der Waals surface area contributed by atoms with Crippen molar-refractivity contribution in [1.82, 2.24) is 15.6 Å². The van der Waals surface area contributed by atoms with E-state index in [2.05, 4.69) is 20.6 Å². The Bertz CT molecular complexity index is 654. The second kappa shape index (κ2) is 9.39. The first-order valence-corrected chi connectivity index (χ1v) is 9.07. The maximum atomic E-state index is 10.2. The topological polar surface area (TPSA) is 69.5 Å². The largest absolute Gasteiger partial charge is 0.391 e. The summed E-state index contributed by atoms with van der Waals surface area (Å²) in [6.07, 6.45) is 0.170. The number of hydrogen-bond donors (Lipinski definition) is 3. The number of hydrogen-bond acceptors (Lipinski definition) is 4. The van der Waals surface area contributed by atoms with E-state index in [-0.39, 0.29) is 0 Å². The minimum Gasteiger partial charge on any atom is -0.391 e. The van der Waals surface area contributed by atoms with Gasteiger partial charge < -0.3 is 15.7 Å². The van der Waals surface area contributed by atoms with Gasteiger partial charge >= 0.3 is 0 Å². The van der Waals surface area contributed by atoms with E-state index in [4.69, 9.17) is 0 Å². The van der Waals surface area contributed by atoms with Crippen LogP contribution < -0.4 is 10.6 Å². The molecule has 1 aromatic carbocycles. The molecule has 0 aliphatic carbocycles. The maximum Gasteiger partial charge on any atom is 0.191 e. The third-order valence-electron chi connectivity index (χ3n) is 3.54. The summed E-state index contributed by atoms with van der Waals surface area (Å²) in [6, 6.07) is 10.0. The van der Waals surface area contributed by atoms with Crippen LogP contribution in [-0.4, -0.2) is 35.2 Å². The molecule has 0 amide bonds. The van der Waals surface area contributed by atoms with Crippen LogP contribution in [0.2, 0.25) is 0 Å². The summed E-state index contributed by atoms with van der Waals surface area (Å²) in [7, 11) is 0. The molecular formula is C18H26N4OS. The smallest absolute Gasteiger partial charge is 0.191 e. The van der Waals surface area contributed by atoms with Gasteiger partial charge in [0, 0.05) is 24.4 Å². The molecule has 0 aliphatic heterocycles. The Hall–Kier alpha value is -1.92. The molecular weight excluding hydrogens is 320 g/mol. The van der Waals surface area contributed by atoms with E-state index in [1.807, 2.05) is 51.1 Å². The molecule has 130 valence electrons. The summed E-state index contributed by atoms with van der Waals surface area (Å²) in [5.74, 6) is 0.718. The van der Waals surface area contributed by atoms with Crippen LogP contribution in [-0.2, 0) is 13.0 Å². The lowest BCUT2D eigenvalue weighted by molar-refractivity contribution is 0.177. The van der Waals surface area contributed by atoms with Gasteiger partial charge in [-0.15, -0.1) is 11.3 Å². The van der Waals surface area contributed by atoms with E-state index in [1.54, 1.807) is 11.3 Å². The molecule has 0 radical (unpaired) electrons. The molecule has 2 aromatic rings. The van der Waals surface area contributed by atoms with Gasteiger partial charge in [-0.2, -0.15) is 0 Å². The number of aliphatic hydroxyl groups excluding tert-OH is 1. The summed E-state index contributed by atoms with van der Waals surface area (Å²) in [4.78, 5) is 10.2. The number of nitrogens with one attached hydrogen (secondary N) is 2. The molecule has 0 saturated carbocycles. The zero-order chi connectivity index (χ0) is 17.4. The van der Waals surface area contributed by atoms with E-state index >= 15 is 0 Å². The van der Waals surface area contributed by atoms with Crippen LogP contribution in [0.5, 0.6) is 0 Å². The van der Waals surface area contributed by atoms with Gasteiger partial charge in [0.05, 0.1) is 23.4 Å². The molecule has 5 nitrogen and oxygen atoms in total. The van der Waals surface area contributed by atoms with Gasteiger partial charge in [0.1, 0.15) is 0 Å². The number of aliphatic imine (C=N–C) groups is 1. The highest BCUT2D eigenvalue weighted by atomic mass is 32.1. The van der Waals surface area contributed by atoms with Gasteiger partial charge in [-0.1, -0.05) is 30.3 Å². The number of guanidine groups is 1. The fourth-order valence-corrected chi connectivity index (χ4v) is 3.25. The summed E-state index contributed by atoms with van der Waals surface area (Å²) < 4.78 is 0. The first kappa shape index (κ1) is 18.4. The molecule has 0 fully saturated rings. The van der Waals surface area contributed by atoms with Crippen molar-refractivity contribution in [1.29, 1.82) is 0 Å². The lowest BCUT2D eigenvalue weighted by atomic mass is 10.1. The molecule has 1 unspecified atom stereocenters. The first-order valence-electron chi connectivity index (χ1n) is 8.25. The van der Waals surface area contributed by atoms with E-state index < -0.39 is 6.10 Å². The van der Waals surface area contributed by atoms with Crippen molar-refractivity contribution in [2.75, 3.05) is 13.1 Å². The number of aryl methyl sites for hydroxylation is 2.